The van der Waals surface area contributed by atoms with E-state index >= 15 is 0 Å². The molecular formula is C29H35N3O5S. The molecule has 8 nitrogen and oxygen atoms in total. The van der Waals surface area contributed by atoms with E-state index in [1.165, 1.54) is 11.3 Å². The zero-order chi connectivity index (χ0) is 26.9. The second-order valence-electron chi connectivity index (χ2n) is 9.53. The zero-order valence-corrected chi connectivity index (χ0v) is 22.7. The lowest BCUT2D eigenvalue weighted by molar-refractivity contribution is -0.142. The van der Waals surface area contributed by atoms with Gasteiger partial charge >= 0.3 is 0 Å². The van der Waals surface area contributed by atoms with E-state index in [0.717, 1.165) is 34.7 Å². The van der Waals surface area contributed by atoms with Crippen molar-refractivity contribution in [3.05, 3.63) is 75.7 Å². The Balaban J connectivity index is 1.56. The topological polar surface area (TPSA) is 101 Å². The number of hydrogen-bond donors (Lipinski definition) is 2. The van der Waals surface area contributed by atoms with Crippen molar-refractivity contribution in [2.24, 2.45) is 5.92 Å². The maximum absolute atomic E-state index is 13.8. The summed E-state index contributed by atoms with van der Waals surface area (Å²) < 4.78 is 10.8. The number of nitrogens with one attached hydrogen (secondary N) is 1. The Hall–Kier alpha value is -3.43. The van der Waals surface area contributed by atoms with Crippen LogP contribution in [-0.4, -0.2) is 53.7 Å². The number of carbonyl (C=O) groups excluding carboxylic acids is 2. The molecule has 202 valence electrons. The average Bonchev–Trinajstić information content (AvgIpc) is 3.37. The quantitative estimate of drug-likeness (QED) is 0.376. The van der Waals surface area contributed by atoms with Crippen molar-refractivity contribution in [1.82, 2.24) is 15.2 Å². The molecule has 1 saturated heterocycles. The molecular weight excluding hydrogens is 502 g/mol. The van der Waals surface area contributed by atoms with Gasteiger partial charge in [-0.15, -0.1) is 11.3 Å². The molecule has 2 heterocycles. The van der Waals surface area contributed by atoms with Gasteiger partial charge in [-0.05, 0) is 67.5 Å². The normalized spacial score (nSPS) is 14.6. The number of methoxy groups -OCH3 is 1. The Morgan fingerprint density at radius 2 is 1.82 bits per heavy atom. The molecule has 1 aliphatic rings. The Bertz CT molecular complexity index is 1190. The number of thiazole rings is 1. The van der Waals surface area contributed by atoms with Crippen LogP contribution in [0.5, 0.6) is 11.5 Å². The van der Waals surface area contributed by atoms with E-state index in [4.69, 9.17) is 9.47 Å². The minimum Gasteiger partial charge on any atom is -0.508 e. The van der Waals surface area contributed by atoms with Crippen LogP contribution in [-0.2, 0) is 27.3 Å². The van der Waals surface area contributed by atoms with E-state index in [-0.39, 0.29) is 29.9 Å². The highest BCUT2D eigenvalue weighted by molar-refractivity contribution is 7.09. The molecule has 9 heteroatoms. The van der Waals surface area contributed by atoms with E-state index in [0.29, 0.717) is 38.4 Å². The van der Waals surface area contributed by atoms with Gasteiger partial charge in [0.15, 0.2) is 6.04 Å². The number of amides is 2. The molecule has 0 aliphatic carbocycles. The molecule has 1 aliphatic heterocycles. The number of aromatic hydroxyl groups is 1. The van der Waals surface area contributed by atoms with Crippen LogP contribution in [0.2, 0.25) is 0 Å². The smallest absolute Gasteiger partial charge is 0.249 e. The fourth-order valence-electron chi connectivity index (χ4n) is 4.59. The first-order valence-electron chi connectivity index (χ1n) is 12.9. The molecule has 2 amide bonds. The van der Waals surface area contributed by atoms with Crippen LogP contribution < -0.4 is 10.1 Å². The Morgan fingerprint density at radius 1 is 1.13 bits per heavy atom. The van der Waals surface area contributed by atoms with Crippen molar-refractivity contribution in [3.8, 4) is 11.5 Å². The first-order chi connectivity index (χ1) is 18.4. The van der Waals surface area contributed by atoms with Crippen LogP contribution in [0.4, 0.5) is 0 Å². The van der Waals surface area contributed by atoms with E-state index in [1.54, 1.807) is 24.1 Å². The fraction of sp³-hybridized carbons (Fsp3) is 0.414. The highest BCUT2D eigenvalue weighted by Gasteiger charge is 2.34. The predicted molar refractivity (Wildman–Crippen MR) is 146 cm³/mol. The van der Waals surface area contributed by atoms with E-state index < -0.39 is 6.04 Å². The molecule has 0 spiro atoms. The highest BCUT2D eigenvalue weighted by atomic mass is 32.1. The highest BCUT2D eigenvalue weighted by Crippen LogP contribution is 2.28. The molecule has 2 aromatic carbocycles. The standard InChI is InChI=1S/C29H35N3O5S/c1-20-31-26(19-38-20)28(29(35)30-17-22-5-10-25(36-2)11-6-22)32(18-23-13-15-37-16-14-23)27(34)12-7-21-3-8-24(33)9-4-21/h3-6,8-11,19,23,28,33H,7,12-18H2,1-2H3,(H,30,35). The zero-order valence-electron chi connectivity index (χ0n) is 21.9. The van der Waals surface area contributed by atoms with Crippen LogP contribution in [0.1, 0.15) is 47.1 Å². The monoisotopic (exact) mass is 537 g/mol. The SMILES string of the molecule is COc1ccc(CNC(=O)C(c2csc(C)n2)N(CC2CCOCC2)C(=O)CCc2ccc(O)cc2)cc1. The number of nitrogens with zero attached hydrogens (tertiary/aromatic N) is 2. The molecule has 1 aromatic heterocycles. The van der Waals surface area contributed by atoms with Crippen LogP contribution in [0.25, 0.3) is 0 Å². The second-order valence-corrected chi connectivity index (χ2v) is 10.6. The van der Waals surface area contributed by atoms with E-state index in [9.17, 15) is 14.7 Å². The van der Waals surface area contributed by atoms with Gasteiger partial charge in [0.05, 0.1) is 17.8 Å². The summed E-state index contributed by atoms with van der Waals surface area (Å²) in [4.78, 5) is 33.8. The van der Waals surface area contributed by atoms with E-state index in [2.05, 4.69) is 10.3 Å². The van der Waals surface area contributed by atoms with Crippen molar-refractivity contribution in [2.45, 2.75) is 45.2 Å². The number of aromatic nitrogens is 1. The predicted octanol–water partition coefficient (Wildman–Crippen LogP) is 4.41. The fourth-order valence-corrected chi connectivity index (χ4v) is 5.22. The van der Waals surface area contributed by atoms with E-state index in [1.807, 2.05) is 48.7 Å². The number of aryl methyl sites for hydroxylation is 2. The third kappa shape index (κ3) is 7.55. The molecule has 4 rings (SSSR count). The lowest BCUT2D eigenvalue weighted by atomic mass is 9.97. The summed E-state index contributed by atoms with van der Waals surface area (Å²) in [5.74, 6) is 0.834. The summed E-state index contributed by atoms with van der Waals surface area (Å²) in [5.41, 5.74) is 2.47. The summed E-state index contributed by atoms with van der Waals surface area (Å²) in [5, 5.41) is 15.3. The van der Waals surface area contributed by atoms with Gasteiger partial charge < -0.3 is 24.8 Å². The number of benzene rings is 2. The summed E-state index contributed by atoms with van der Waals surface area (Å²) >= 11 is 1.47. The first-order valence-corrected chi connectivity index (χ1v) is 13.8. The van der Waals surface area contributed by atoms with Gasteiger partial charge in [-0.25, -0.2) is 4.98 Å². The molecule has 1 fully saturated rings. The Morgan fingerprint density at radius 3 is 2.45 bits per heavy atom. The minimum atomic E-state index is -0.826. The Kier molecular flexibility index (Phi) is 9.73. The van der Waals surface area contributed by atoms with Crippen molar-refractivity contribution in [1.29, 1.82) is 0 Å². The third-order valence-electron chi connectivity index (χ3n) is 6.78. The molecule has 2 N–H and O–H groups in total. The third-order valence-corrected chi connectivity index (χ3v) is 7.57. The molecule has 38 heavy (non-hydrogen) atoms. The summed E-state index contributed by atoms with van der Waals surface area (Å²) in [6.07, 6.45) is 2.45. The minimum absolute atomic E-state index is 0.0974. The number of phenolic OH excluding ortho intramolecular Hbond substituents is 1. The Labute approximate surface area is 227 Å². The van der Waals surface area contributed by atoms with Crippen LogP contribution in [0.15, 0.2) is 53.9 Å². The summed E-state index contributed by atoms with van der Waals surface area (Å²) in [6, 6.07) is 13.6. The van der Waals surface area contributed by atoms with Crippen molar-refractivity contribution < 1.29 is 24.2 Å². The van der Waals surface area contributed by atoms with Gasteiger partial charge in [0.1, 0.15) is 11.5 Å². The molecule has 1 atom stereocenters. The van der Waals surface area contributed by atoms with Crippen molar-refractivity contribution in [3.63, 3.8) is 0 Å². The molecule has 0 saturated carbocycles. The second kappa shape index (κ2) is 13.4. The van der Waals surface area contributed by atoms with Gasteiger partial charge in [-0.3, -0.25) is 9.59 Å². The molecule has 3 aromatic rings. The number of phenols is 1. The maximum atomic E-state index is 13.8. The van der Waals surface area contributed by atoms with Crippen molar-refractivity contribution in [2.75, 3.05) is 26.9 Å². The van der Waals surface area contributed by atoms with Crippen LogP contribution in [0.3, 0.4) is 0 Å². The van der Waals surface area contributed by atoms with Crippen LogP contribution >= 0.6 is 11.3 Å². The van der Waals surface area contributed by atoms with Gasteiger partial charge in [0.2, 0.25) is 11.8 Å². The largest absolute Gasteiger partial charge is 0.508 e. The average molecular weight is 538 g/mol. The van der Waals surface area contributed by atoms with Gasteiger partial charge in [0.25, 0.3) is 0 Å². The maximum Gasteiger partial charge on any atom is 0.249 e. The number of carbonyl (C=O) groups is 2. The summed E-state index contributed by atoms with van der Waals surface area (Å²) in [7, 11) is 1.61. The summed E-state index contributed by atoms with van der Waals surface area (Å²) in [6.45, 7) is 4.01. The number of hydrogen-bond acceptors (Lipinski definition) is 7. The van der Waals surface area contributed by atoms with Crippen LogP contribution in [0, 0.1) is 12.8 Å². The van der Waals surface area contributed by atoms with Gasteiger partial charge in [0, 0.05) is 38.1 Å². The molecule has 0 radical (unpaired) electrons. The lowest BCUT2D eigenvalue weighted by Crippen LogP contribution is -2.46. The first kappa shape index (κ1) is 27.6. The number of rotatable bonds is 11. The van der Waals surface area contributed by atoms with Crippen molar-refractivity contribution >= 4 is 23.2 Å². The molecule has 0 bridgehead atoms. The number of ether oxygens (including phenoxy) is 2. The van der Waals surface area contributed by atoms with Gasteiger partial charge in [-0.1, -0.05) is 24.3 Å². The van der Waals surface area contributed by atoms with Gasteiger partial charge in [-0.2, -0.15) is 0 Å². The molecule has 1 unspecified atom stereocenters. The lowest BCUT2D eigenvalue weighted by Gasteiger charge is -2.34.